The van der Waals surface area contributed by atoms with E-state index in [-0.39, 0.29) is 5.95 Å². The fourth-order valence-electron chi connectivity index (χ4n) is 2.56. The summed E-state index contributed by atoms with van der Waals surface area (Å²) in [6, 6.07) is 3.71. The number of benzene rings is 1. The molecule has 28 heavy (non-hydrogen) atoms. The average molecular weight is 386 g/mol. The van der Waals surface area contributed by atoms with Gasteiger partial charge in [0, 0.05) is 29.8 Å². The van der Waals surface area contributed by atoms with Crippen LogP contribution in [-0.4, -0.2) is 35.8 Å². The molecule has 0 aliphatic carbocycles. The summed E-state index contributed by atoms with van der Waals surface area (Å²) in [4.78, 5) is 20.0. The van der Waals surface area contributed by atoms with Gasteiger partial charge in [-0.05, 0) is 44.5 Å². The number of carbonyl (C=O) groups excluding carboxylic acids is 1. The van der Waals surface area contributed by atoms with Crippen LogP contribution >= 0.6 is 0 Å². The maximum atomic E-state index is 12.0. The second-order valence-corrected chi connectivity index (χ2v) is 7.10. The van der Waals surface area contributed by atoms with Gasteiger partial charge in [0.15, 0.2) is 11.5 Å². The largest absolute Gasteiger partial charge is 0.493 e. The molecule has 4 N–H and O–H groups in total. The number of ether oxygens (including phenoxy) is 3. The van der Waals surface area contributed by atoms with Crippen LogP contribution in [0, 0.1) is 0 Å². The van der Waals surface area contributed by atoms with Crippen LogP contribution in [0.25, 0.3) is 6.08 Å². The van der Waals surface area contributed by atoms with E-state index in [2.05, 4.69) is 9.97 Å². The summed E-state index contributed by atoms with van der Waals surface area (Å²) >= 11 is 0. The average Bonchev–Trinajstić information content (AvgIpc) is 2.60. The van der Waals surface area contributed by atoms with Crippen molar-refractivity contribution in [3.05, 3.63) is 41.1 Å². The molecule has 0 saturated heterocycles. The molecule has 150 valence electrons. The zero-order valence-electron chi connectivity index (χ0n) is 16.8. The lowest BCUT2D eigenvalue weighted by atomic mass is 10.0. The van der Waals surface area contributed by atoms with Gasteiger partial charge in [0.05, 0.1) is 14.2 Å². The first-order chi connectivity index (χ1) is 13.1. The van der Waals surface area contributed by atoms with Gasteiger partial charge in [-0.25, -0.2) is 9.78 Å². The fourth-order valence-corrected chi connectivity index (χ4v) is 2.56. The normalized spacial score (nSPS) is 11.5. The topological polar surface area (TPSA) is 123 Å². The van der Waals surface area contributed by atoms with E-state index in [0.717, 1.165) is 11.1 Å². The van der Waals surface area contributed by atoms with Gasteiger partial charge >= 0.3 is 5.97 Å². The van der Waals surface area contributed by atoms with Crippen molar-refractivity contribution < 1.29 is 19.0 Å². The van der Waals surface area contributed by atoms with Crippen LogP contribution in [0.3, 0.4) is 0 Å². The highest BCUT2D eigenvalue weighted by Gasteiger charge is 2.16. The molecule has 1 aromatic carbocycles. The summed E-state index contributed by atoms with van der Waals surface area (Å²) in [6.45, 7) is 5.42. The molecule has 1 heterocycles. The Morgan fingerprint density at radius 3 is 2.46 bits per heavy atom. The molecule has 8 heteroatoms. The lowest BCUT2D eigenvalue weighted by Gasteiger charge is -2.18. The van der Waals surface area contributed by atoms with E-state index in [1.807, 2.05) is 32.9 Å². The van der Waals surface area contributed by atoms with Crippen molar-refractivity contribution in [2.45, 2.75) is 32.8 Å². The third-order valence-corrected chi connectivity index (χ3v) is 3.68. The van der Waals surface area contributed by atoms with E-state index in [1.165, 1.54) is 13.2 Å². The van der Waals surface area contributed by atoms with Crippen molar-refractivity contribution in [3.8, 4) is 11.5 Å². The standard InChI is InChI=1S/C20H26N4O4/c1-20(2,3)28-16(25)7-6-13-8-12(10-15(26-4)17(13)27-5)9-14-11-23-19(22)24-18(14)21/h6-8,10-11H,9H2,1-5H3,(H4,21,22,23,24)/b7-6+. The van der Waals surface area contributed by atoms with Crippen LogP contribution in [0.2, 0.25) is 0 Å². The Balaban J connectivity index is 2.38. The smallest absolute Gasteiger partial charge is 0.331 e. The minimum absolute atomic E-state index is 0.120. The summed E-state index contributed by atoms with van der Waals surface area (Å²) in [5.41, 5.74) is 13.2. The predicted octanol–water partition coefficient (Wildman–Crippen LogP) is 2.60. The minimum Gasteiger partial charge on any atom is -0.493 e. The molecular formula is C20H26N4O4. The van der Waals surface area contributed by atoms with Crippen LogP contribution in [0.1, 0.15) is 37.5 Å². The molecule has 0 atom stereocenters. The van der Waals surface area contributed by atoms with Crippen molar-refractivity contribution in [1.82, 2.24) is 9.97 Å². The van der Waals surface area contributed by atoms with Crippen molar-refractivity contribution in [3.63, 3.8) is 0 Å². The lowest BCUT2D eigenvalue weighted by Crippen LogP contribution is -2.22. The second kappa shape index (κ2) is 8.60. The SMILES string of the molecule is COc1cc(Cc2cnc(N)nc2N)cc(/C=C/C(=O)OC(C)(C)C)c1OC. The maximum Gasteiger partial charge on any atom is 0.331 e. The number of nitrogens with zero attached hydrogens (tertiary/aromatic N) is 2. The Hall–Kier alpha value is -3.29. The van der Waals surface area contributed by atoms with Gasteiger partial charge in [-0.2, -0.15) is 4.98 Å². The summed E-state index contributed by atoms with van der Waals surface area (Å²) in [6.07, 6.45) is 5.03. The second-order valence-electron chi connectivity index (χ2n) is 7.10. The number of esters is 1. The molecule has 2 rings (SSSR count). The van der Waals surface area contributed by atoms with Gasteiger partial charge in [0.2, 0.25) is 5.95 Å². The zero-order valence-corrected chi connectivity index (χ0v) is 16.8. The quantitative estimate of drug-likeness (QED) is 0.574. The van der Waals surface area contributed by atoms with Crippen molar-refractivity contribution in [1.29, 1.82) is 0 Å². The van der Waals surface area contributed by atoms with E-state index in [9.17, 15) is 4.79 Å². The van der Waals surface area contributed by atoms with Gasteiger partial charge in [0.25, 0.3) is 0 Å². The highest BCUT2D eigenvalue weighted by atomic mass is 16.6. The number of hydrogen-bond acceptors (Lipinski definition) is 8. The first kappa shape index (κ1) is 21.0. The first-order valence-electron chi connectivity index (χ1n) is 8.65. The number of nitrogens with two attached hydrogens (primary N) is 2. The maximum absolute atomic E-state index is 12.0. The molecule has 0 spiro atoms. The molecular weight excluding hydrogens is 360 g/mol. The van der Waals surface area contributed by atoms with E-state index >= 15 is 0 Å². The number of aromatic nitrogens is 2. The highest BCUT2D eigenvalue weighted by molar-refractivity contribution is 5.88. The molecule has 0 fully saturated rings. The summed E-state index contributed by atoms with van der Waals surface area (Å²) < 4.78 is 16.2. The number of carbonyl (C=O) groups is 1. The molecule has 0 unspecified atom stereocenters. The van der Waals surface area contributed by atoms with Crippen LogP contribution in [0.5, 0.6) is 11.5 Å². The van der Waals surface area contributed by atoms with E-state index < -0.39 is 11.6 Å². The lowest BCUT2D eigenvalue weighted by molar-refractivity contribution is -0.148. The monoisotopic (exact) mass is 386 g/mol. The Labute approximate surface area is 164 Å². The summed E-state index contributed by atoms with van der Waals surface area (Å²) in [5.74, 6) is 1.02. The summed E-state index contributed by atoms with van der Waals surface area (Å²) in [7, 11) is 3.08. The van der Waals surface area contributed by atoms with E-state index in [1.54, 1.807) is 19.4 Å². The van der Waals surface area contributed by atoms with Crippen LogP contribution in [-0.2, 0) is 16.0 Å². The Bertz CT molecular complexity index is 889. The number of methoxy groups -OCH3 is 2. The third kappa shape index (κ3) is 5.60. The fraction of sp³-hybridized carbons (Fsp3) is 0.350. The van der Waals surface area contributed by atoms with Gasteiger partial charge in [-0.15, -0.1) is 0 Å². The van der Waals surface area contributed by atoms with E-state index in [4.69, 9.17) is 25.7 Å². The number of rotatable bonds is 6. The Morgan fingerprint density at radius 1 is 1.18 bits per heavy atom. The van der Waals surface area contributed by atoms with Gasteiger partial charge in [-0.3, -0.25) is 0 Å². The molecule has 0 radical (unpaired) electrons. The first-order valence-corrected chi connectivity index (χ1v) is 8.65. The number of nitrogen functional groups attached to an aromatic ring is 2. The third-order valence-electron chi connectivity index (χ3n) is 3.68. The molecule has 2 aromatic rings. The predicted molar refractivity (Wildman–Crippen MR) is 108 cm³/mol. The number of anilines is 2. The van der Waals surface area contributed by atoms with Gasteiger partial charge < -0.3 is 25.7 Å². The van der Waals surface area contributed by atoms with Crippen LogP contribution in [0.4, 0.5) is 11.8 Å². The van der Waals surface area contributed by atoms with Crippen molar-refractivity contribution in [2.75, 3.05) is 25.7 Å². The minimum atomic E-state index is -0.572. The summed E-state index contributed by atoms with van der Waals surface area (Å²) in [5, 5.41) is 0. The van der Waals surface area contributed by atoms with E-state index in [0.29, 0.717) is 29.3 Å². The highest BCUT2D eigenvalue weighted by Crippen LogP contribution is 2.34. The van der Waals surface area contributed by atoms with Gasteiger partial charge in [-0.1, -0.05) is 0 Å². The number of hydrogen-bond donors (Lipinski definition) is 2. The van der Waals surface area contributed by atoms with Crippen LogP contribution < -0.4 is 20.9 Å². The molecule has 0 aliphatic heterocycles. The molecule has 0 aliphatic rings. The molecule has 1 aromatic heterocycles. The molecule has 8 nitrogen and oxygen atoms in total. The molecule has 0 amide bonds. The van der Waals surface area contributed by atoms with Crippen molar-refractivity contribution in [2.24, 2.45) is 0 Å². The molecule has 0 saturated carbocycles. The Morgan fingerprint density at radius 2 is 1.89 bits per heavy atom. The van der Waals surface area contributed by atoms with Crippen molar-refractivity contribution >= 4 is 23.8 Å². The Kier molecular flexibility index (Phi) is 6.45. The van der Waals surface area contributed by atoms with Crippen LogP contribution in [0.15, 0.2) is 24.4 Å². The molecule has 0 bridgehead atoms. The zero-order chi connectivity index (χ0) is 20.9. The van der Waals surface area contributed by atoms with Gasteiger partial charge in [0.1, 0.15) is 11.4 Å².